The fraction of sp³-hybridized carbons (Fsp3) is 0.235. The number of allylic oxidation sites excluding steroid dienone is 1. The molecule has 0 spiro atoms. The first-order chi connectivity index (χ1) is 9.10. The van der Waals surface area contributed by atoms with E-state index < -0.39 is 0 Å². The smallest absolute Gasteiger partial charge is 0.209 e. The summed E-state index contributed by atoms with van der Waals surface area (Å²) in [6.07, 6.45) is 5.88. The van der Waals surface area contributed by atoms with Crippen LogP contribution >= 0.6 is 0 Å². The van der Waals surface area contributed by atoms with Gasteiger partial charge in [0.25, 0.3) is 0 Å². The van der Waals surface area contributed by atoms with Crippen molar-refractivity contribution in [2.75, 3.05) is 7.05 Å². The Balaban J connectivity index is 2.05. The fourth-order valence-electron chi connectivity index (χ4n) is 2.85. The van der Waals surface area contributed by atoms with Gasteiger partial charge in [0, 0.05) is 17.7 Å². The van der Waals surface area contributed by atoms with Gasteiger partial charge >= 0.3 is 0 Å². The topological polar surface area (TPSA) is 16.1 Å². The Bertz CT molecular complexity index is 660. The van der Waals surface area contributed by atoms with Crippen LogP contribution in [0.2, 0.25) is 0 Å². The third-order valence-corrected chi connectivity index (χ3v) is 3.89. The number of furan rings is 1. The van der Waals surface area contributed by atoms with Crippen molar-refractivity contribution in [2.24, 2.45) is 0 Å². The van der Waals surface area contributed by atoms with Gasteiger partial charge in [-0.05, 0) is 32.1 Å². The van der Waals surface area contributed by atoms with Gasteiger partial charge in [0.2, 0.25) is 5.69 Å². The maximum absolute atomic E-state index is 5.36. The van der Waals surface area contributed by atoms with Crippen LogP contribution in [0.25, 0.3) is 6.08 Å². The molecule has 3 rings (SSSR count). The molecule has 2 nitrogen and oxygen atoms in total. The maximum atomic E-state index is 5.36. The summed E-state index contributed by atoms with van der Waals surface area (Å²) in [5.41, 5.74) is 3.96. The quantitative estimate of drug-likeness (QED) is 0.738. The van der Waals surface area contributed by atoms with Crippen molar-refractivity contribution in [3.05, 3.63) is 60.1 Å². The summed E-state index contributed by atoms with van der Waals surface area (Å²) < 4.78 is 7.61. The summed E-state index contributed by atoms with van der Waals surface area (Å²) >= 11 is 0. The molecule has 1 aliphatic rings. The average Bonchev–Trinajstić information content (AvgIpc) is 2.97. The number of benzene rings is 1. The lowest BCUT2D eigenvalue weighted by Gasteiger charge is -2.14. The fourth-order valence-corrected chi connectivity index (χ4v) is 2.85. The molecular weight excluding hydrogens is 234 g/mol. The predicted molar refractivity (Wildman–Crippen MR) is 78.1 cm³/mol. The molecule has 0 atom stereocenters. The Hall–Kier alpha value is -2.09. The lowest BCUT2D eigenvalue weighted by atomic mass is 9.81. The molecule has 96 valence electrons. The van der Waals surface area contributed by atoms with Gasteiger partial charge in [0.1, 0.15) is 12.8 Å². The van der Waals surface area contributed by atoms with Crippen LogP contribution < -0.4 is 0 Å². The summed E-state index contributed by atoms with van der Waals surface area (Å²) in [7, 11) is 2.12. The van der Waals surface area contributed by atoms with Gasteiger partial charge in [-0.2, -0.15) is 4.58 Å². The first-order valence-corrected chi connectivity index (χ1v) is 6.53. The lowest BCUT2D eigenvalue weighted by molar-refractivity contribution is -0.401. The lowest BCUT2D eigenvalue weighted by Crippen LogP contribution is -2.26. The van der Waals surface area contributed by atoms with Crippen molar-refractivity contribution in [3.63, 3.8) is 0 Å². The standard InChI is InChI=1S/C17H18NO/c1-17(2)14-8-4-5-9-15(14)18(3)16(17)11-10-13-7-6-12-19-13/h4-12H,1-3H3/q+1/b11-10+. The number of hydrogen-bond acceptors (Lipinski definition) is 1. The van der Waals surface area contributed by atoms with Crippen molar-refractivity contribution < 1.29 is 8.99 Å². The minimum atomic E-state index is 0.0223. The number of hydrogen-bond donors (Lipinski definition) is 0. The van der Waals surface area contributed by atoms with Gasteiger partial charge in [-0.15, -0.1) is 0 Å². The molecule has 2 aromatic rings. The van der Waals surface area contributed by atoms with E-state index in [0.717, 1.165) is 5.76 Å². The number of fused-ring (bicyclic) bond motifs is 1. The molecule has 0 aliphatic carbocycles. The van der Waals surface area contributed by atoms with Crippen molar-refractivity contribution in [1.82, 2.24) is 0 Å². The van der Waals surface area contributed by atoms with E-state index in [2.05, 4.69) is 55.8 Å². The van der Waals surface area contributed by atoms with Crippen LogP contribution in [0.15, 0.2) is 53.2 Å². The molecule has 0 saturated carbocycles. The van der Waals surface area contributed by atoms with E-state index in [1.807, 2.05) is 18.2 Å². The highest BCUT2D eigenvalue weighted by Gasteiger charge is 2.42. The van der Waals surface area contributed by atoms with Crippen LogP contribution in [0.4, 0.5) is 5.69 Å². The SMILES string of the molecule is C[N+]1=C(/C=C/c2ccco2)C(C)(C)c2ccccc21. The molecule has 2 heterocycles. The van der Waals surface area contributed by atoms with E-state index >= 15 is 0 Å². The second-order valence-corrected chi connectivity index (χ2v) is 5.44. The zero-order chi connectivity index (χ0) is 13.5. The molecule has 1 aromatic heterocycles. The molecule has 0 amide bonds. The summed E-state index contributed by atoms with van der Waals surface area (Å²) in [6.45, 7) is 4.52. The first-order valence-electron chi connectivity index (χ1n) is 6.53. The monoisotopic (exact) mass is 252 g/mol. The van der Waals surface area contributed by atoms with E-state index in [9.17, 15) is 0 Å². The van der Waals surface area contributed by atoms with Crippen molar-refractivity contribution in [1.29, 1.82) is 0 Å². The highest BCUT2D eigenvalue weighted by Crippen LogP contribution is 2.39. The Morgan fingerprint density at radius 2 is 1.84 bits per heavy atom. The van der Waals surface area contributed by atoms with Gasteiger partial charge in [0.05, 0.1) is 11.7 Å². The molecule has 0 saturated heterocycles. The van der Waals surface area contributed by atoms with Crippen LogP contribution in [0.3, 0.4) is 0 Å². The molecule has 0 N–H and O–H groups in total. The van der Waals surface area contributed by atoms with E-state index in [1.165, 1.54) is 17.0 Å². The Kier molecular flexibility index (Phi) is 2.67. The Morgan fingerprint density at radius 1 is 1.05 bits per heavy atom. The van der Waals surface area contributed by atoms with E-state index in [1.54, 1.807) is 6.26 Å². The third-order valence-electron chi connectivity index (χ3n) is 3.89. The molecule has 2 heteroatoms. The zero-order valence-electron chi connectivity index (χ0n) is 11.6. The summed E-state index contributed by atoms with van der Waals surface area (Å²) in [5, 5.41) is 0. The normalized spacial score (nSPS) is 17.2. The second-order valence-electron chi connectivity index (χ2n) is 5.44. The van der Waals surface area contributed by atoms with Gasteiger partial charge in [-0.25, -0.2) is 0 Å². The molecule has 0 radical (unpaired) electrons. The molecule has 19 heavy (non-hydrogen) atoms. The molecule has 0 bridgehead atoms. The summed E-state index contributed by atoms with van der Waals surface area (Å²) in [6, 6.07) is 12.4. The zero-order valence-corrected chi connectivity index (χ0v) is 11.6. The molecule has 0 unspecified atom stereocenters. The molecule has 0 fully saturated rings. The van der Waals surface area contributed by atoms with Gasteiger partial charge < -0.3 is 4.42 Å². The Morgan fingerprint density at radius 3 is 2.53 bits per heavy atom. The number of para-hydroxylation sites is 1. The van der Waals surface area contributed by atoms with Crippen LogP contribution in [-0.4, -0.2) is 17.3 Å². The minimum Gasteiger partial charge on any atom is -0.465 e. The van der Waals surface area contributed by atoms with Crippen LogP contribution in [0, 0.1) is 0 Å². The number of nitrogens with zero attached hydrogens (tertiary/aromatic N) is 1. The van der Waals surface area contributed by atoms with Crippen molar-refractivity contribution in [3.8, 4) is 0 Å². The molecular formula is C17H18NO+. The highest BCUT2D eigenvalue weighted by atomic mass is 16.3. The maximum Gasteiger partial charge on any atom is 0.209 e. The average molecular weight is 252 g/mol. The second kappa shape index (κ2) is 4.23. The Labute approximate surface area is 113 Å². The van der Waals surface area contributed by atoms with E-state index in [0.29, 0.717) is 0 Å². The van der Waals surface area contributed by atoms with Crippen LogP contribution in [-0.2, 0) is 5.41 Å². The summed E-state index contributed by atoms with van der Waals surface area (Å²) in [5.74, 6) is 0.882. The van der Waals surface area contributed by atoms with E-state index in [4.69, 9.17) is 4.42 Å². The molecule has 1 aliphatic heterocycles. The van der Waals surface area contributed by atoms with E-state index in [-0.39, 0.29) is 5.41 Å². The van der Waals surface area contributed by atoms with Crippen LogP contribution in [0.5, 0.6) is 0 Å². The summed E-state index contributed by atoms with van der Waals surface area (Å²) in [4.78, 5) is 0. The minimum absolute atomic E-state index is 0.0223. The van der Waals surface area contributed by atoms with Crippen LogP contribution in [0.1, 0.15) is 25.2 Å². The first kappa shape index (κ1) is 12.0. The number of rotatable bonds is 2. The highest BCUT2D eigenvalue weighted by molar-refractivity contribution is 6.05. The largest absolute Gasteiger partial charge is 0.465 e. The van der Waals surface area contributed by atoms with Crippen molar-refractivity contribution in [2.45, 2.75) is 19.3 Å². The van der Waals surface area contributed by atoms with Crippen molar-refractivity contribution >= 4 is 17.5 Å². The molecule has 1 aromatic carbocycles. The van der Waals surface area contributed by atoms with Gasteiger partial charge in [-0.3, -0.25) is 0 Å². The predicted octanol–water partition coefficient (Wildman–Crippen LogP) is 4.00. The van der Waals surface area contributed by atoms with Gasteiger partial charge in [0.15, 0.2) is 5.71 Å². The third kappa shape index (κ3) is 1.84. The van der Waals surface area contributed by atoms with Gasteiger partial charge in [-0.1, -0.05) is 18.2 Å².